The molecule has 0 spiro atoms. The minimum atomic E-state index is -1.00. The van der Waals surface area contributed by atoms with Gasteiger partial charge in [0.25, 0.3) is 0 Å². The standard InChI is InChI=1S/C25H25N7O3/c1-15-9-16(5-8-21(15)35-17-6-7-20-18(10-17)29-14-32(20)4)30-23-22-19(27-13-28-23)11-26-24(31-22)34-12-25(2,3)33/h5-11,13-14,33H,12H2,1-4H3,(H,27,28,30). The van der Waals surface area contributed by atoms with Gasteiger partial charge in [0.05, 0.1) is 29.2 Å². The van der Waals surface area contributed by atoms with Gasteiger partial charge in [-0.15, -0.1) is 0 Å². The molecule has 35 heavy (non-hydrogen) atoms. The summed E-state index contributed by atoms with van der Waals surface area (Å²) in [6, 6.07) is 11.8. The molecule has 0 amide bonds. The lowest BCUT2D eigenvalue weighted by atomic mass is 10.2. The van der Waals surface area contributed by atoms with E-state index in [1.54, 1.807) is 26.4 Å². The first-order valence-corrected chi connectivity index (χ1v) is 11.0. The van der Waals surface area contributed by atoms with Gasteiger partial charge in [0.1, 0.15) is 35.5 Å². The van der Waals surface area contributed by atoms with Crippen LogP contribution in [0.15, 0.2) is 55.2 Å². The number of nitrogens with zero attached hydrogens (tertiary/aromatic N) is 6. The molecular formula is C25H25N7O3. The van der Waals surface area contributed by atoms with E-state index in [-0.39, 0.29) is 12.6 Å². The number of aryl methyl sites for hydroxylation is 2. The third kappa shape index (κ3) is 4.97. The van der Waals surface area contributed by atoms with Gasteiger partial charge < -0.3 is 24.5 Å². The molecule has 0 fully saturated rings. The van der Waals surface area contributed by atoms with Crippen LogP contribution in [0.3, 0.4) is 0 Å². The van der Waals surface area contributed by atoms with Gasteiger partial charge >= 0.3 is 6.01 Å². The first-order chi connectivity index (χ1) is 16.7. The summed E-state index contributed by atoms with van der Waals surface area (Å²) in [6.07, 6.45) is 4.80. The van der Waals surface area contributed by atoms with Crippen LogP contribution in [0.5, 0.6) is 17.5 Å². The minimum Gasteiger partial charge on any atom is -0.460 e. The van der Waals surface area contributed by atoms with Crippen LogP contribution in [-0.2, 0) is 7.05 Å². The van der Waals surface area contributed by atoms with Gasteiger partial charge in [-0.3, -0.25) is 0 Å². The summed E-state index contributed by atoms with van der Waals surface area (Å²) in [5.74, 6) is 1.97. The van der Waals surface area contributed by atoms with Crippen LogP contribution in [0.25, 0.3) is 22.1 Å². The average Bonchev–Trinajstić information content (AvgIpc) is 3.19. The maximum atomic E-state index is 9.90. The summed E-state index contributed by atoms with van der Waals surface area (Å²) < 4.78 is 13.6. The van der Waals surface area contributed by atoms with Gasteiger partial charge in [0, 0.05) is 18.8 Å². The topological polar surface area (TPSA) is 120 Å². The predicted molar refractivity (Wildman–Crippen MR) is 132 cm³/mol. The first kappa shape index (κ1) is 22.5. The number of rotatable bonds is 7. The lowest BCUT2D eigenvalue weighted by molar-refractivity contribution is 0.0251. The van der Waals surface area contributed by atoms with E-state index < -0.39 is 5.60 Å². The summed E-state index contributed by atoms with van der Waals surface area (Å²) in [4.78, 5) is 21.6. The van der Waals surface area contributed by atoms with E-state index in [4.69, 9.17) is 9.47 Å². The molecule has 5 rings (SSSR count). The van der Waals surface area contributed by atoms with Gasteiger partial charge in [0.2, 0.25) is 0 Å². The molecule has 0 aliphatic carbocycles. The van der Waals surface area contributed by atoms with E-state index in [0.29, 0.717) is 16.9 Å². The minimum absolute atomic E-state index is 0.0584. The molecule has 0 saturated heterocycles. The number of hydrogen-bond acceptors (Lipinski definition) is 9. The van der Waals surface area contributed by atoms with Gasteiger partial charge in [-0.25, -0.2) is 19.9 Å². The molecule has 178 valence electrons. The second-order valence-electron chi connectivity index (χ2n) is 8.92. The summed E-state index contributed by atoms with van der Waals surface area (Å²) in [6.45, 7) is 5.33. The Hall–Kier alpha value is -4.31. The van der Waals surface area contributed by atoms with Crippen molar-refractivity contribution in [2.45, 2.75) is 26.4 Å². The number of nitrogens with one attached hydrogen (secondary N) is 1. The maximum absolute atomic E-state index is 9.90. The highest BCUT2D eigenvalue weighted by atomic mass is 16.5. The van der Waals surface area contributed by atoms with E-state index in [0.717, 1.165) is 33.8 Å². The third-order valence-corrected chi connectivity index (χ3v) is 5.27. The largest absolute Gasteiger partial charge is 0.460 e. The van der Waals surface area contributed by atoms with Crippen molar-refractivity contribution in [1.29, 1.82) is 0 Å². The normalized spacial score (nSPS) is 11.7. The van der Waals surface area contributed by atoms with Crippen molar-refractivity contribution in [3.8, 4) is 17.5 Å². The Kier molecular flexibility index (Phi) is 5.65. The summed E-state index contributed by atoms with van der Waals surface area (Å²) >= 11 is 0. The zero-order valence-electron chi connectivity index (χ0n) is 19.9. The lowest BCUT2D eigenvalue weighted by Crippen LogP contribution is -2.28. The summed E-state index contributed by atoms with van der Waals surface area (Å²) in [5.41, 5.74) is 3.75. The van der Waals surface area contributed by atoms with Gasteiger partial charge in [0.15, 0.2) is 5.82 Å². The van der Waals surface area contributed by atoms with Crippen LogP contribution < -0.4 is 14.8 Å². The van der Waals surface area contributed by atoms with Crippen molar-refractivity contribution in [3.63, 3.8) is 0 Å². The number of fused-ring (bicyclic) bond motifs is 2. The fourth-order valence-electron chi connectivity index (χ4n) is 3.52. The van der Waals surface area contributed by atoms with Crippen LogP contribution in [-0.4, -0.2) is 46.8 Å². The number of hydrogen-bond donors (Lipinski definition) is 2. The number of benzene rings is 2. The van der Waals surface area contributed by atoms with Crippen LogP contribution in [0.4, 0.5) is 11.5 Å². The summed E-state index contributed by atoms with van der Waals surface area (Å²) in [7, 11) is 1.96. The highest BCUT2D eigenvalue weighted by Crippen LogP contribution is 2.31. The van der Waals surface area contributed by atoms with Crippen molar-refractivity contribution < 1.29 is 14.6 Å². The molecular weight excluding hydrogens is 446 g/mol. The maximum Gasteiger partial charge on any atom is 0.317 e. The Bertz CT molecular complexity index is 1530. The number of aliphatic hydroxyl groups is 1. The smallest absolute Gasteiger partial charge is 0.317 e. The second kappa shape index (κ2) is 8.80. The van der Waals surface area contributed by atoms with E-state index in [9.17, 15) is 5.11 Å². The van der Waals surface area contributed by atoms with Crippen molar-refractivity contribution in [3.05, 3.63) is 60.8 Å². The number of imidazole rings is 1. The Balaban J connectivity index is 1.37. The lowest BCUT2D eigenvalue weighted by Gasteiger charge is -2.16. The fraction of sp³-hybridized carbons (Fsp3) is 0.240. The Morgan fingerprint density at radius 3 is 2.69 bits per heavy atom. The third-order valence-electron chi connectivity index (χ3n) is 5.27. The van der Waals surface area contributed by atoms with Crippen molar-refractivity contribution in [2.75, 3.05) is 11.9 Å². The average molecular weight is 472 g/mol. The highest BCUT2D eigenvalue weighted by Gasteiger charge is 2.16. The molecule has 0 unspecified atom stereocenters. The Morgan fingerprint density at radius 1 is 1.03 bits per heavy atom. The molecule has 0 saturated carbocycles. The van der Waals surface area contributed by atoms with Gasteiger partial charge in [-0.2, -0.15) is 4.98 Å². The highest BCUT2D eigenvalue weighted by molar-refractivity contribution is 5.86. The van der Waals surface area contributed by atoms with Crippen LogP contribution in [0, 0.1) is 6.92 Å². The fourth-order valence-corrected chi connectivity index (χ4v) is 3.52. The molecule has 2 aromatic carbocycles. The van der Waals surface area contributed by atoms with Gasteiger partial charge in [-0.05, 0) is 56.7 Å². The van der Waals surface area contributed by atoms with Crippen molar-refractivity contribution in [1.82, 2.24) is 29.5 Å². The first-order valence-electron chi connectivity index (χ1n) is 11.0. The molecule has 3 aromatic heterocycles. The number of anilines is 2. The Labute approximate surface area is 201 Å². The van der Waals surface area contributed by atoms with E-state index >= 15 is 0 Å². The number of aromatic nitrogens is 6. The van der Waals surface area contributed by atoms with E-state index in [2.05, 4.69) is 30.2 Å². The molecule has 3 heterocycles. The quantitative estimate of drug-likeness (QED) is 0.358. The van der Waals surface area contributed by atoms with Crippen molar-refractivity contribution in [2.24, 2.45) is 7.05 Å². The molecule has 0 aliphatic heterocycles. The zero-order chi connectivity index (χ0) is 24.6. The molecule has 0 aliphatic rings. The predicted octanol–water partition coefficient (Wildman–Crippen LogP) is 4.30. The van der Waals surface area contributed by atoms with Crippen molar-refractivity contribution >= 4 is 33.6 Å². The number of ether oxygens (including phenoxy) is 2. The molecule has 0 atom stereocenters. The van der Waals surface area contributed by atoms with Crippen LogP contribution in [0.1, 0.15) is 19.4 Å². The van der Waals surface area contributed by atoms with Crippen LogP contribution in [0.2, 0.25) is 0 Å². The monoisotopic (exact) mass is 471 g/mol. The molecule has 0 radical (unpaired) electrons. The van der Waals surface area contributed by atoms with E-state index in [1.807, 2.05) is 54.9 Å². The van der Waals surface area contributed by atoms with Gasteiger partial charge in [-0.1, -0.05) is 0 Å². The SMILES string of the molecule is Cc1cc(Nc2ncnc3cnc(OCC(C)(C)O)nc23)ccc1Oc1ccc2c(c1)ncn2C. The molecule has 10 heteroatoms. The summed E-state index contributed by atoms with van der Waals surface area (Å²) in [5, 5.41) is 13.2. The molecule has 10 nitrogen and oxygen atoms in total. The Morgan fingerprint density at radius 2 is 1.89 bits per heavy atom. The van der Waals surface area contributed by atoms with E-state index in [1.165, 1.54) is 6.33 Å². The molecule has 5 aromatic rings. The zero-order valence-corrected chi connectivity index (χ0v) is 19.9. The molecule has 0 bridgehead atoms. The second-order valence-corrected chi connectivity index (χ2v) is 8.92. The molecule has 2 N–H and O–H groups in total. The van der Waals surface area contributed by atoms with Crippen LogP contribution >= 0.6 is 0 Å².